The van der Waals surface area contributed by atoms with Crippen LogP contribution in [0.15, 0.2) is 169 Å². The fourth-order valence-electron chi connectivity index (χ4n) is 9.11. The molecular formula is C47H37NS. The summed E-state index contributed by atoms with van der Waals surface area (Å²) in [6.45, 7) is 4.83. The smallest absolute Gasteiger partial charge is 0.0464 e. The highest BCUT2D eigenvalue weighted by atomic mass is 32.1. The molecule has 4 aliphatic rings. The van der Waals surface area contributed by atoms with E-state index in [9.17, 15) is 0 Å². The highest BCUT2D eigenvalue weighted by molar-refractivity contribution is 7.26. The summed E-state index contributed by atoms with van der Waals surface area (Å²) in [6, 6.07) is 42.9. The molecule has 1 nitrogen and oxygen atoms in total. The molecule has 0 fully saturated rings. The van der Waals surface area contributed by atoms with E-state index < -0.39 is 0 Å². The van der Waals surface area contributed by atoms with E-state index in [1.165, 1.54) is 76.2 Å². The van der Waals surface area contributed by atoms with Gasteiger partial charge >= 0.3 is 0 Å². The minimum Gasteiger partial charge on any atom is -0.314 e. The molecule has 0 N–H and O–H groups in total. The molecular weight excluding hydrogens is 611 g/mol. The number of allylic oxidation sites excluding steroid dienone is 7. The molecule has 0 bridgehead atoms. The molecule has 3 unspecified atom stereocenters. The van der Waals surface area contributed by atoms with Gasteiger partial charge in [-0.1, -0.05) is 147 Å². The molecule has 236 valence electrons. The van der Waals surface area contributed by atoms with E-state index in [1.54, 1.807) is 0 Å². The Morgan fingerprint density at radius 2 is 1.45 bits per heavy atom. The van der Waals surface area contributed by atoms with Gasteiger partial charge in [-0.2, -0.15) is 0 Å². The van der Waals surface area contributed by atoms with Gasteiger partial charge in [-0.15, -0.1) is 11.3 Å². The molecule has 10 rings (SSSR count). The van der Waals surface area contributed by atoms with Crippen molar-refractivity contribution in [2.75, 3.05) is 4.90 Å². The van der Waals surface area contributed by atoms with Crippen LogP contribution in [-0.4, -0.2) is 0 Å². The van der Waals surface area contributed by atoms with Gasteiger partial charge in [0.2, 0.25) is 0 Å². The summed E-state index contributed by atoms with van der Waals surface area (Å²) in [5.41, 5.74) is 13.5. The Morgan fingerprint density at radius 1 is 0.694 bits per heavy atom. The number of fused-ring (bicyclic) bond motifs is 9. The average molecular weight is 648 g/mol. The van der Waals surface area contributed by atoms with Crippen LogP contribution in [0.5, 0.6) is 0 Å². The maximum atomic E-state index is 2.59. The van der Waals surface area contributed by atoms with Crippen molar-refractivity contribution in [2.24, 2.45) is 5.92 Å². The van der Waals surface area contributed by atoms with Crippen LogP contribution in [0.1, 0.15) is 54.4 Å². The molecule has 49 heavy (non-hydrogen) atoms. The van der Waals surface area contributed by atoms with Crippen LogP contribution < -0.4 is 4.90 Å². The van der Waals surface area contributed by atoms with Crippen molar-refractivity contribution < 1.29 is 0 Å². The lowest BCUT2D eigenvalue weighted by molar-refractivity contribution is 0.605. The Labute approximate surface area is 292 Å². The Hall–Kier alpha value is -5.18. The molecule has 0 saturated carbocycles. The van der Waals surface area contributed by atoms with Crippen molar-refractivity contribution in [3.8, 4) is 11.1 Å². The Kier molecular flexibility index (Phi) is 6.42. The monoisotopic (exact) mass is 647 g/mol. The fraction of sp³-hybridized carbons (Fsp3) is 0.149. The Morgan fingerprint density at radius 3 is 2.37 bits per heavy atom. The third-order valence-corrected chi connectivity index (χ3v) is 12.7. The van der Waals surface area contributed by atoms with Crippen LogP contribution in [0.25, 0.3) is 37.4 Å². The van der Waals surface area contributed by atoms with E-state index in [-0.39, 0.29) is 11.3 Å². The highest BCUT2D eigenvalue weighted by Gasteiger charge is 2.43. The van der Waals surface area contributed by atoms with Crippen LogP contribution in [0, 0.1) is 5.92 Å². The van der Waals surface area contributed by atoms with E-state index in [1.807, 2.05) is 11.3 Å². The van der Waals surface area contributed by atoms with Crippen molar-refractivity contribution in [1.82, 2.24) is 0 Å². The van der Waals surface area contributed by atoms with Gasteiger partial charge in [-0.25, -0.2) is 0 Å². The summed E-state index contributed by atoms with van der Waals surface area (Å²) < 4.78 is 2.69. The zero-order valence-corrected chi connectivity index (χ0v) is 28.6. The molecule has 1 heterocycles. The highest BCUT2D eigenvalue weighted by Crippen LogP contribution is 2.55. The quantitative estimate of drug-likeness (QED) is 0.184. The first-order chi connectivity index (χ1) is 24.1. The van der Waals surface area contributed by atoms with E-state index in [0.29, 0.717) is 11.8 Å². The summed E-state index contributed by atoms with van der Waals surface area (Å²) in [5, 5.41) is 2.67. The fourth-order valence-corrected chi connectivity index (χ4v) is 10.4. The molecule has 4 aliphatic carbocycles. The first kappa shape index (κ1) is 28.8. The molecule has 5 aromatic carbocycles. The van der Waals surface area contributed by atoms with Crippen molar-refractivity contribution >= 4 is 43.3 Å². The van der Waals surface area contributed by atoms with Gasteiger partial charge in [0, 0.05) is 60.4 Å². The summed E-state index contributed by atoms with van der Waals surface area (Å²) in [4.78, 5) is 2.59. The van der Waals surface area contributed by atoms with Crippen molar-refractivity contribution in [1.29, 1.82) is 0 Å². The van der Waals surface area contributed by atoms with Gasteiger partial charge in [0.05, 0.1) is 0 Å². The molecule has 6 aromatic rings. The first-order valence-corrected chi connectivity index (χ1v) is 18.4. The predicted molar refractivity (Wildman–Crippen MR) is 209 cm³/mol. The van der Waals surface area contributed by atoms with Gasteiger partial charge in [0.1, 0.15) is 0 Å². The number of benzene rings is 5. The van der Waals surface area contributed by atoms with Crippen LogP contribution in [0.3, 0.4) is 0 Å². The number of nitrogens with zero attached hydrogens (tertiary/aromatic N) is 1. The third-order valence-electron chi connectivity index (χ3n) is 11.4. The van der Waals surface area contributed by atoms with Gasteiger partial charge in [0.15, 0.2) is 0 Å². The maximum Gasteiger partial charge on any atom is 0.0464 e. The van der Waals surface area contributed by atoms with E-state index in [2.05, 4.69) is 177 Å². The first-order valence-electron chi connectivity index (χ1n) is 17.5. The molecule has 0 aliphatic heterocycles. The lowest BCUT2D eigenvalue weighted by atomic mass is 9.74. The van der Waals surface area contributed by atoms with E-state index >= 15 is 0 Å². The topological polar surface area (TPSA) is 3.24 Å². The number of thiophene rings is 1. The van der Waals surface area contributed by atoms with Gasteiger partial charge in [0.25, 0.3) is 0 Å². The Bertz CT molecular complexity index is 2480. The average Bonchev–Trinajstić information content (AvgIpc) is 3.64. The number of hydrogen-bond acceptors (Lipinski definition) is 2. The van der Waals surface area contributed by atoms with Gasteiger partial charge < -0.3 is 4.90 Å². The summed E-state index contributed by atoms with van der Waals surface area (Å²) >= 11 is 1.90. The van der Waals surface area contributed by atoms with E-state index in [4.69, 9.17) is 0 Å². The largest absolute Gasteiger partial charge is 0.314 e. The minimum atomic E-state index is -0.0192. The number of rotatable bonds is 4. The number of hydrogen-bond donors (Lipinski definition) is 0. The van der Waals surface area contributed by atoms with Crippen molar-refractivity contribution in [2.45, 2.75) is 37.5 Å². The lowest BCUT2D eigenvalue weighted by Gasteiger charge is -2.41. The van der Waals surface area contributed by atoms with Crippen LogP contribution in [0.2, 0.25) is 0 Å². The van der Waals surface area contributed by atoms with Crippen LogP contribution in [0.4, 0.5) is 5.69 Å². The molecule has 0 spiro atoms. The summed E-state index contributed by atoms with van der Waals surface area (Å²) in [6.07, 6.45) is 17.8. The maximum absolute atomic E-state index is 2.59. The molecule has 0 saturated heterocycles. The molecule has 1 aromatic heterocycles. The van der Waals surface area contributed by atoms with E-state index in [0.717, 1.165) is 6.42 Å². The SMILES string of the molecule is CC1(C)C2=CC(N(C3=Cc4ccccc4C4C=CC=CC34)c3cccc(-c4cccc5c4sc4ccccc45)c3)=CCC2c2ccccc21. The standard InChI is InChI=1S/C47H37NS/c1-47(2)42-23-9-7-18-37(42)38-26-25-33(29-43(38)47)48(44-28-31-13-3-4-16-34(31)36-17-5-6-19-39(36)44)32-15-11-14-30(27-32)35-21-12-22-41-40-20-8-10-24-45(40)49-46(35)41/h3-25,27-29,36,38-39H,26H2,1-2H3. The summed E-state index contributed by atoms with van der Waals surface area (Å²) in [5.74, 6) is 0.969. The minimum absolute atomic E-state index is 0.0192. The molecule has 0 amide bonds. The third kappa shape index (κ3) is 4.37. The van der Waals surface area contributed by atoms with Crippen molar-refractivity contribution in [3.05, 3.63) is 191 Å². The zero-order valence-electron chi connectivity index (χ0n) is 27.8. The predicted octanol–water partition coefficient (Wildman–Crippen LogP) is 12.7. The lowest BCUT2D eigenvalue weighted by Crippen LogP contribution is -2.32. The molecule has 2 heteroatoms. The number of anilines is 1. The zero-order chi connectivity index (χ0) is 32.7. The molecule has 0 radical (unpaired) electrons. The second kappa shape index (κ2) is 10.9. The van der Waals surface area contributed by atoms with Crippen LogP contribution in [-0.2, 0) is 5.41 Å². The Balaban J connectivity index is 1.17. The molecule has 3 atom stereocenters. The van der Waals surface area contributed by atoms with Crippen LogP contribution >= 0.6 is 11.3 Å². The van der Waals surface area contributed by atoms with Crippen molar-refractivity contribution in [3.63, 3.8) is 0 Å². The normalized spacial score (nSPS) is 21.3. The van der Waals surface area contributed by atoms with Gasteiger partial charge in [-0.05, 0) is 70.2 Å². The second-order valence-corrected chi connectivity index (χ2v) is 15.5. The summed E-state index contributed by atoms with van der Waals surface area (Å²) in [7, 11) is 0. The second-order valence-electron chi connectivity index (χ2n) is 14.4. The van der Waals surface area contributed by atoms with Gasteiger partial charge in [-0.3, -0.25) is 0 Å².